The lowest BCUT2D eigenvalue weighted by Crippen LogP contribution is -2.00. The van der Waals surface area contributed by atoms with Crippen molar-refractivity contribution < 1.29 is 14.2 Å². The van der Waals surface area contributed by atoms with Crippen LogP contribution in [0.25, 0.3) is 22.9 Å². The van der Waals surface area contributed by atoms with Crippen molar-refractivity contribution in [3.8, 4) is 34.6 Å². The summed E-state index contributed by atoms with van der Waals surface area (Å²) in [7, 11) is 3.16. The van der Waals surface area contributed by atoms with Crippen LogP contribution in [-0.2, 0) is 6.61 Å². The first kappa shape index (κ1) is 22.1. The van der Waals surface area contributed by atoms with Crippen LogP contribution < -0.4 is 14.2 Å². The second-order valence-electron chi connectivity index (χ2n) is 7.10. The van der Waals surface area contributed by atoms with E-state index in [1.54, 1.807) is 20.3 Å². The van der Waals surface area contributed by atoms with Gasteiger partial charge in [-0.3, -0.25) is 0 Å². The van der Waals surface area contributed by atoms with Gasteiger partial charge in [0.05, 0.1) is 25.5 Å². The maximum Gasteiger partial charge on any atom is 0.203 e. The quantitative estimate of drug-likeness (QED) is 0.286. The lowest BCUT2D eigenvalue weighted by Gasteiger charge is -2.15. The van der Waals surface area contributed by atoms with Crippen molar-refractivity contribution in [2.75, 3.05) is 14.2 Å². The molecule has 0 aliphatic rings. The van der Waals surface area contributed by atoms with Gasteiger partial charge in [-0.2, -0.15) is 5.26 Å². The van der Waals surface area contributed by atoms with E-state index in [4.69, 9.17) is 14.2 Å². The van der Waals surface area contributed by atoms with Gasteiger partial charge in [0.2, 0.25) is 5.75 Å². The predicted molar refractivity (Wildman–Crippen MR) is 131 cm³/mol. The summed E-state index contributed by atoms with van der Waals surface area (Å²) in [6, 6.07) is 25.7. The number of hydrogen-bond donors (Lipinski definition) is 0. The maximum absolute atomic E-state index is 9.80. The Hall–Kier alpha value is -4.08. The third kappa shape index (κ3) is 5.22. The molecular weight excluding hydrogens is 432 g/mol. The number of thiazole rings is 1. The predicted octanol–water partition coefficient (Wildman–Crippen LogP) is 6.47. The zero-order valence-electron chi connectivity index (χ0n) is 18.3. The average molecular weight is 455 g/mol. The minimum Gasteiger partial charge on any atom is -0.493 e. The Labute approximate surface area is 197 Å². The van der Waals surface area contributed by atoms with Gasteiger partial charge in [0.1, 0.15) is 17.7 Å². The third-order valence-corrected chi connectivity index (χ3v) is 5.82. The molecule has 0 saturated carbocycles. The molecule has 6 heteroatoms. The topological polar surface area (TPSA) is 64.4 Å². The molecule has 0 saturated heterocycles. The second-order valence-corrected chi connectivity index (χ2v) is 7.96. The van der Waals surface area contributed by atoms with Crippen LogP contribution in [0.2, 0.25) is 0 Å². The van der Waals surface area contributed by atoms with Crippen LogP contribution in [0.5, 0.6) is 17.2 Å². The molecule has 4 aromatic rings. The van der Waals surface area contributed by atoms with Gasteiger partial charge in [-0.05, 0) is 29.3 Å². The molecule has 0 bridgehead atoms. The van der Waals surface area contributed by atoms with Crippen molar-refractivity contribution in [3.63, 3.8) is 0 Å². The molecule has 0 radical (unpaired) electrons. The molecule has 33 heavy (non-hydrogen) atoms. The molecule has 3 aromatic carbocycles. The van der Waals surface area contributed by atoms with Gasteiger partial charge in [0, 0.05) is 10.9 Å². The summed E-state index contributed by atoms with van der Waals surface area (Å²) in [5, 5.41) is 12.4. The van der Waals surface area contributed by atoms with E-state index < -0.39 is 0 Å². The molecule has 0 fully saturated rings. The number of methoxy groups -OCH3 is 2. The molecule has 0 amide bonds. The minimum absolute atomic E-state index is 0.383. The molecule has 0 aliphatic heterocycles. The van der Waals surface area contributed by atoms with Gasteiger partial charge in [-0.25, -0.2) is 4.98 Å². The van der Waals surface area contributed by atoms with E-state index >= 15 is 0 Å². The zero-order valence-corrected chi connectivity index (χ0v) is 19.1. The normalized spacial score (nSPS) is 11.0. The summed E-state index contributed by atoms with van der Waals surface area (Å²) >= 11 is 1.44. The molecule has 1 aromatic heterocycles. The maximum atomic E-state index is 9.80. The SMILES string of the molecule is COc1cc(/C=C(/C#N)c2nc(-c3ccccc3)cs2)cc(OC)c1OCc1ccccc1. The number of allylic oxidation sites excluding steroid dienone is 1. The van der Waals surface area contributed by atoms with Crippen LogP contribution in [0, 0.1) is 11.3 Å². The number of aromatic nitrogens is 1. The van der Waals surface area contributed by atoms with E-state index in [0.717, 1.165) is 22.4 Å². The summed E-state index contributed by atoms with van der Waals surface area (Å²) in [5.41, 5.74) is 4.11. The molecule has 0 spiro atoms. The first-order valence-corrected chi connectivity index (χ1v) is 11.2. The highest BCUT2D eigenvalue weighted by molar-refractivity contribution is 7.11. The van der Waals surface area contributed by atoms with Gasteiger partial charge in [0.15, 0.2) is 11.5 Å². The Balaban J connectivity index is 1.64. The first-order chi connectivity index (χ1) is 16.2. The van der Waals surface area contributed by atoms with Gasteiger partial charge in [-0.15, -0.1) is 11.3 Å². The van der Waals surface area contributed by atoms with E-state index in [-0.39, 0.29) is 0 Å². The molecule has 1 heterocycles. The standard InChI is InChI=1S/C27H22N2O3S/c1-30-24-14-20(15-25(31-2)26(24)32-17-19-9-5-3-6-10-19)13-22(16-28)27-29-23(18-33-27)21-11-7-4-8-12-21/h3-15,18H,17H2,1-2H3/b22-13-. The van der Waals surface area contributed by atoms with Crippen LogP contribution >= 0.6 is 11.3 Å². The van der Waals surface area contributed by atoms with Crippen molar-refractivity contribution in [2.45, 2.75) is 6.61 Å². The van der Waals surface area contributed by atoms with Crippen molar-refractivity contribution in [3.05, 3.63) is 94.3 Å². The van der Waals surface area contributed by atoms with E-state index in [9.17, 15) is 5.26 Å². The summed E-state index contributed by atoms with van der Waals surface area (Å²) in [6.45, 7) is 0.383. The van der Waals surface area contributed by atoms with Crippen LogP contribution in [0.4, 0.5) is 0 Å². The van der Waals surface area contributed by atoms with Gasteiger partial charge < -0.3 is 14.2 Å². The fourth-order valence-electron chi connectivity index (χ4n) is 3.30. The van der Waals surface area contributed by atoms with E-state index in [1.807, 2.05) is 78.2 Å². The molecule has 0 unspecified atom stereocenters. The van der Waals surface area contributed by atoms with Crippen LogP contribution in [-0.4, -0.2) is 19.2 Å². The molecule has 5 nitrogen and oxygen atoms in total. The van der Waals surface area contributed by atoms with Gasteiger partial charge in [0.25, 0.3) is 0 Å². The van der Waals surface area contributed by atoms with Crippen LogP contribution in [0.3, 0.4) is 0 Å². The molecular formula is C27H22N2O3S. The van der Waals surface area contributed by atoms with E-state index in [1.165, 1.54) is 11.3 Å². The number of hydrogen-bond acceptors (Lipinski definition) is 6. The Morgan fingerprint density at radius 1 is 0.970 bits per heavy atom. The number of rotatable bonds is 8. The van der Waals surface area contributed by atoms with Crippen LogP contribution in [0.1, 0.15) is 16.1 Å². The van der Waals surface area contributed by atoms with Gasteiger partial charge in [-0.1, -0.05) is 60.7 Å². The van der Waals surface area contributed by atoms with Crippen molar-refractivity contribution in [2.24, 2.45) is 0 Å². The Morgan fingerprint density at radius 3 is 2.21 bits per heavy atom. The number of nitrogens with zero attached hydrogens (tertiary/aromatic N) is 2. The fourth-order valence-corrected chi connectivity index (χ4v) is 4.10. The van der Waals surface area contributed by atoms with Crippen molar-refractivity contribution in [1.82, 2.24) is 4.98 Å². The van der Waals surface area contributed by atoms with Crippen molar-refractivity contribution >= 4 is 23.0 Å². The number of nitriles is 1. The Bertz CT molecular complexity index is 1270. The summed E-state index contributed by atoms with van der Waals surface area (Å²) in [5.74, 6) is 1.57. The highest BCUT2D eigenvalue weighted by Crippen LogP contribution is 2.40. The van der Waals surface area contributed by atoms with Crippen molar-refractivity contribution in [1.29, 1.82) is 5.26 Å². The lowest BCUT2D eigenvalue weighted by molar-refractivity contribution is 0.266. The summed E-state index contributed by atoms with van der Waals surface area (Å²) < 4.78 is 17.2. The molecule has 4 rings (SSSR count). The van der Waals surface area contributed by atoms with Crippen LogP contribution in [0.15, 0.2) is 78.2 Å². The smallest absolute Gasteiger partial charge is 0.203 e. The van der Waals surface area contributed by atoms with E-state index in [0.29, 0.717) is 34.4 Å². The summed E-state index contributed by atoms with van der Waals surface area (Å²) in [4.78, 5) is 4.65. The minimum atomic E-state index is 0.383. The molecule has 0 aliphatic carbocycles. The molecule has 0 atom stereocenters. The summed E-state index contributed by atoms with van der Waals surface area (Å²) in [6.07, 6.45) is 1.78. The molecule has 164 valence electrons. The largest absolute Gasteiger partial charge is 0.493 e. The monoisotopic (exact) mass is 454 g/mol. The van der Waals surface area contributed by atoms with Gasteiger partial charge >= 0.3 is 0 Å². The highest BCUT2D eigenvalue weighted by Gasteiger charge is 2.15. The second kappa shape index (κ2) is 10.5. The number of benzene rings is 3. The fraction of sp³-hybridized carbons (Fsp3) is 0.111. The zero-order chi connectivity index (χ0) is 23.0. The van der Waals surface area contributed by atoms with E-state index in [2.05, 4.69) is 11.1 Å². The average Bonchev–Trinajstić information content (AvgIpc) is 3.37. The third-order valence-electron chi connectivity index (χ3n) is 4.94. The lowest BCUT2D eigenvalue weighted by atomic mass is 10.1. The molecule has 0 N–H and O–H groups in total. The Morgan fingerprint density at radius 2 is 1.61 bits per heavy atom. The first-order valence-electron chi connectivity index (χ1n) is 10.3. The number of ether oxygens (including phenoxy) is 3. The highest BCUT2D eigenvalue weighted by atomic mass is 32.1. The Kier molecular flexibility index (Phi) is 7.03.